The number of rotatable bonds is 1. The molecule has 0 heterocycles. The molecule has 0 unspecified atom stereocenters. The molecule has 3 rings (SSSR count). The van der Waals surface area contributed by atoms with E-state index in [1.807, 2.05) is 18.2 Å². The lowest BCUT2D eigenvalue weighted by molar-refractivity contribution is 0.101. The summed E-state index contributed by atoms with van der Waals surface area (Å²) in [6, 6.07) is 12.6. The fraction of sp³-hybridized carbons (Fsp3) is 0.0556. The van der Waals surface area contributed by atoms with Crippen molar-refractivity contribution in [3.8, 4) is 28.7 Å². The minimum atomic E-state index is -0.454. The highest BCUT2D eigenvalue weighted by molar-refractivity contribution is 5.99. The van der Waals surface area contributed by atoms with Crippen LogP contribution in [0.2, 0.25) is 0 Å². The van der Waals surface area contributed by atoms with E-state index in [-0.39, 0.29) is 22.8 Å². The van der Waals surface area contributed by atoms with Crippen molar-refractivity contribution in [3.05, 3.63) is 54.1 Å². The number of phenolic OH excluding ortho intramolecular Hbond substituents is 5. The Morgan fingerprint density at radius 1 is 0.792 bits per heavy atom. The number of fused-ring (bicyclic) bond motifs is 1. The van der Waals surface area contributed by atoms with Gasteiger partial charge in [0.1, 0.15) is 22.8 Å². The lowest BCUT2D eigenvalue weighted by Crippen LogP contribution is -1.92. The summed E-state index contributed by atoms with van der Waals surface area (Å²) < 4.78 is 0. The van der Waals surface area contributed by atoms with Gasteiger partial charge in [-0.15, -0.1) is 0 Å². The second kappa shape index (κ2) is 6.78. The predicted octanol–water partition coefficient (Wildman–Crippen LogP) is 3.26. The highest BCUT2D eigenvalue weighted by atomic mass is 16.3. The fourth-order valence-electron chi connectivity index (χ4n) is 2.20. The van der Waals surface area contributed by atoms with Gasteiger partial charge in [0.05, 0.1) is 0 Å². The first-order chi connectivity index (χ1) is 11.3. The zero-order chi connectivity index (χ0) is 17.9. The SMILES string of the molecule is CC(=O)c1c(O)cc(O)cc1O.Oc1ccc2ccccc2c1O. The van der Waals surface area contributed by atoms with Crippen molar-refractivity contribution < 1.29 is 30.3 Å². The molecule has 6 heteroatoms. The van der Waals surface area contributed by atoms with Gasteiger partial charge in [-0.3, -0.25) is 4.79 Å². The van der Waals surface area contributed by atoms with Gasteiger partial charge < -0.3 is 25.5 Å². The lowest BCUT2D eigenvalue weighted by Gasteiger charge is -2.03. The van der Waals surface area contributed by atoms with Crippen molar-refractivity contribution >= 4 is 16.6 Å². The summed E-state index contributed by atoms with van der Waals surface area (Å²) in [6.07, 6.45) is 0. The van der Waals surface area contributed by atoms with Crippen molar-refractivity contribution in [1.82, 2.24) is 0 Å². The largest absolute Gasteiger partial charge is 0.508 e. The first kappa shape index (κ1) is 17.0. The maximum absolute atomic E-state index is 10.8. The first-order valence-electron chi connectivity index (χ1n) is 6.96. The molecule has 0 atom stereocenters. The van der Waals surface area contributed by atoms with E-state index in [2.05, 4.69) is 0 Å². The molecule has 0 radical (unpaired) electrons. The average molecular weight is 328 g/mol. The van der Waals surface area contributed by atoms with Crippen LogP contribution in [0.1, 0.15) is 17.3 Å². The molecule has 0 bridgehead atoms. The minimum absolute atomic E-state index is 0.0481. The van der Waals surface area contributed by atoms with Gasteiger partial charge in [-0.2, -0.15) is 0 Å². The lowest BCUT2D eigenvalue weighted by atomic mass is 10.1. The molecule has 0 saturated heterocycles. The van der Waals surface area contributed by atoms with Crippen LogP contribution in [0.25, 0.3) is 10.8 Å². The highest BCUT2D eigenvalue weighted by Gasteiger charge is 2.13. The van der Waals surface area contributed by atoms with Crippen LogP contribution < -0.4 is 0 Å². The van der Waals surface area contributed by atoms with Crippen molar-refractivity contribution in [3.63, 3.8) is 0 Å². The van der Waals surface area contributed by atoms with Crippen LogP contribution in [0.5, 0.6) is 28.7 Å². The van der Waals surface area contributed by atoms with Crippen molar-refractivity contribution in [2.24, 2.45) is 0 Å². The molecule has 0 aliphatic rings. The van der Waals surface area contributed by atoms with Crippen LogP contribution >= 0.6 is 0 Å². The van der Waals surface area contributed by atoms with Gasteiger partial charge in [-0.05, 0) is 18.4 Å². The summed E-state index contributed by atoms with van der Waals surface area (Å²) in [5.41, 5.74) is -0.173. The summed E-state index contributed by atoms with van der Waals surface area (Å²) in [5, 5.41) is 47.2. The maximum Gasteiger partial charge on any atom is 0.167 e. The molecular weight excluding hydrogens is 312 g/mol. The Bertz CT molecular complexity index is 878. The van der Waals surface area contributed by atoms with Crippen molar-refractivity contribution in [2.75, 3.05) is 0 Å². The summed E-state index contributed by atoms with van der Waals surface area (Å²) in [4.78, 5) is 10.8. The van der Waals surface area contributed by atoms with E-state index in [1.165, 1.54) is 13.0 Å². The molecule has 0 fully saturated rings. The summed E-state index contributed by atoms with van der Waals surface area (Å²) >= 11 is 0. The Morgan fingerprint density at radius 3 is 1.96 bits per heavy atom. The molecule has 124 valence electrons. The van der Waals surface area contributed by atoms with Crippen LogP contribution in [0, 0.1) is 0 Å². The highest BCUT2D eigenvalue weighted by Crippen LogP contribution is 2.33. The van der Waals surface area contributed by atoms with E-state index in [4.69, 9.17) is 20.4 Å². The minimum Gasteiger partial charge on any atom is -0.508 e. The number of carbonyl (C=O) groups is 1. The Kier molecular flexibility index (Phi) is 4.79. The Balaban J connectivity index is 0.000000174. The molecule has 5 N–H and O–H groups in total. The molecule has 24 heavy (non-hydrogen) atoms. The zero-order valence-corrected chi connectivity index (χ0v) is 12.8. The van der Waals surface area contributed by atoms with Crippen LogP contribution in [-0.4, -0.2) is 31.3 Å². The Hall–Kier alpha value is -3.41. The van der Waals surface area contributed by atoms with E-state index in [9.17, 15) is 9.90 Å². The number of hydrogen-bond donors (Lipinski definition) is 5. The smallest absolute Gasteiger partial charge is 0.167 e. The van der Waals surface area contributed by atoms with E-state index in [0.717, 1.165) is 17.5 Å². The molecule has 6 nitrogen and oxygen atoms in total. The predicted molar refractivity (Wildman–Crippen MR) is 88.7 cm³/mol. The third-order valence-corrected chi connectivity index (χ3v) is 3.31. The van der Waals surface area contributed by atoms with E-state index >= 15 is 0 Å². The van der Waals surface area contributed by atoms with E-state index in [1.54, 1.807) is 12.1 Å². The molecule has 0 aliphatic heterocycles. The van der Waals surface area contributed by atoms with Crippen molar-refractivity contribution in [2.45, 2.75) is 6.92 Å². The topological polar surface area (TPSA) is 118 Å². The second-order valence-corrected chi connectivity index (χ2v) is 5.07. The number of hydrogen-bond acceptors (Lipinski definition) is 6. The standard InChI is InChI=1S/C10H8O2.C8H8O4/c11-9-6-5-7-3-1-2-4-8(7)10(9)12;1-4(9)8-6(11)2-5(10)3-7(8)12/h1-6,11-12H;2-3,10-12H,1H3. The quantitative estimate of drug-likeness (QED) is 0.346. The number of phenols is 5. The van der Waals surface area contributed by atoms with Gasteiger partial charge in [0, 0.05) is 17.5 Å². The van der Waals surface area contributed by atoms with Gasteiger partial charge in [0.2, 0.25) is 0 Å². The number of Topliss-reactive ketones (excluding diaryl/α,β-unsaturated/α-hetero) is 1. The van der Waals surface area contributed by atoms with Crippen LogP contribution in [-0.2, 0) is 0 Å². The van der Waals surface area contributed by atoms with Gasteiger partial charge in [-0.1, -0.05) is 30.3 Å². The number of benzene rings is 3. The summed E-state index contributed by atoms with van der Waals surface area (Å²) in [6.45, 7) is 1.21. The van der Waals surface area contributed by atoms with Crippen LogP contribution in [0.4, 0.5) is 0 Å². The van der Waals surface area contributed by atoms with Gasteiger partial charge in [0.25, 0.3) is 0 Å². The third-order valence-electron chi connectivity index (χ3n) is 3.31. The molecule has 0 amide bonds. The van der Waals surface area contributed by atoms with Crippen molar-refractivity contribution in [1.29, 1.82) is 0 Å². The molecular formula is C18H16O6. The normalized spacial score (nSPS) is 10.0. The zero-order valence-electron chi connectivity index (χ0n) is 12.8. The third kappa shape index (κ3) is 3.49. The Morgan fingerprint density at radius 2 is 1.38 bits per heavy atom. The molecule has 0 spiro atoms. The van der Waals surface area contributed by atoms with Crippen LogP contribution in [0.15, 0.2) is 48.5 Å². The monoisotopic (exact) mass is 328 g/mol. The molecule has 0 saturated carbocycles. The number of carbonyl (C=O) groups excluding carboxylic acids is 1. The molecule has 0 aromatic heterocycles. The van der Waals surface area contributed by atoms with E-state index in [0.29, 0.717) is 5.39 Å². The summed E-state index contributed by atoms with van der Waals surface area (Å²) in [5.74, 6) is -1.69. The number of ketones is 1. The Labute approximate surface area is 137 Å². The van der Waals surface area contributed by atoms with Gasteiger partial charge >= 0.3 is 0 Å². The average Bonchev–Trinajstić information content (AvgIpc) is 2.50. The molecule has 3 aromatic carbocycles. The first-order valence-corrected chi connectivity index (χ1v) is 6.96. The second-order valence-electron chi connectivity index (χ2n) is 5.07. The van der Waals surface area contributed by atoms with Crippen LogP contribution in [0.3, 0.4) is 0 Å². The van der Waals surface area contributed by atoms with Gasteiger partial charge in [-0.25, -0.2) is 0 Å². The number of aromatic hydroxyl groups is 5. The maximum atomic E-state index is 10.8. The van der Waals surface area contributed by atoms with Gasteiger partial charge in [0.15, 0.2) is 17.3 Å². The summed E-state index contributed by atoms with van der Waals surface area (Å²) in [7, 11) is 0. The fourth-order valence-corrected chi connectivity index (χ4v) is 2.20. The molecule has 3 aromatic rings. The van der Waals surface area contributed by atoms with E-state index < -0.39 is 17.3 Å². The molecule has 0 aliphatic carbocycles.